The number of amides is 1. The highest BCUT2D eigenvalue weighted by atomic mass is 32.2. The molecule has 0 aliphatic heterocycles. The molecule has 1 saturated carbocycles. The van der Waals surface area contributed by atoms with Crippen LogP contribution < -0.4 is 14.8 Å². The Morgan fingerprint density at radius 3 is 2.46 bits per heavy atom. The molecule has 2 rings (SSSR count). The van der Waals surface area contributed by atoms with Crippen LogP contribution in [-0.2, 0) is 19.6 Å². The van der Waals surface area contributed by atoms with E-state index in [0.717, 1.165) is 25.7 Å². The Labute approximate surface area is 155 Å². The molecule has 1 aromatic carbocycles. The van der Waals surface area contributed by atoms with Gasteiger partial charge in [-0.1, -0.05) is 19.3 Å². The molecule has 0 radical (unpaired) electrons. The van der Waals surface area contributed by atoms with Crippen molar-refractivity contribution in [2.75, 3.05) is 26.9 Å². The van der Waals surface area contributed by atoms with Gasteiger partial charge in [-0.15, -0.1) is 0 Å². The third-order valence-electron chi connectivity index (χ3n) is 4.30. The summed E-state index contributed by atoms with van der Waals surface area (Å²) in [6.45, 7) is 0.939. The smallest absolute Gasteiger partial charge is 0.240 e. The van der Waals surface area contributed by atoms with E-state index >= 15 is 0 Å². The summed E-state index contributed by atoms with van der Waals surface area (Å²) in [5.41, 5.74) is 0. The van der Waals surface area contributed by atoms with Crippen LogP contribution in [0.2, 0.25) is 0 Å². The van der Waals surface area contributed by atoms with E-state index in [4.69, 9.17) is 9.47 Å². The highest BCUT2D eigenvalue weighted by Gasteiger charge is 2.17. The predicted octanol–water partition coefficient (Wildman–Crippen LogP) is 1.83. The van der Waals surface area contributed by atoms with E-state index in [1.54, 1.807) is 19.2 Å². The number of nitrogens with one attached hydrogen (secondary N) is 2. The van der Waals surface area contributed by atoms with Crippen LogP contribution in [0.15, 0.2) is 29.2 Å². The topological polar surface area (TPSA) is 93.7 Å². The molecule has 8 heteroatoms. The maximum atomic E-state index is 12.3. The van der Waals surface area contributed by atoms with E-state index in [-0.39, 0.29) is 29.8 Å². The molecule has 1 aliphatic rings. The van der Waals surface area contributed by atoms with Gasteiger partial charge in [0, 0.05) is 26.1 Å². The van der Waals surface area contributed by atoms with Gasteiger partial charge in [0.25, 0.3) is 0 Å². The van der Waals surface area contributed by atoms with Crippen molar-refractivity contribution in [1.29, 1.82) is 0 Å². The van der Waals surface area contributed by atoms with Gasteiger partial charge in [-0.05, 0) is 37.1 Å². The SMILES string of the molecule is COCCOc1ccc(S(=O)(=O)NCCC(=O)NC2CCCCC2)cc1. The Morgan fingerprint density at radius 1 is 1.12 bits per heavy atom. The number of carbonyl (C=O) groups is 1. The molecule has 0 heterocycles. The lowest BCUT2D eigenvalue weighted by Crippen LogP contribution is -2.38. The van der Waals surface area contributed by atoms with Crippen molar-refractivity contribution >= 4 is 15.9 Å². The molecule has 0 saturated heterocycles. The molecule has 1 aliphatic carbocycles. The molecule has 1 fully saturated rings. The van der Waals surface area contributed by atoms with Crippen molar-refractivity contribution < 1.29 is 22.7 Å². The second kappa shape index (κ2) is 10.5. The average molecular weight is 384 g/mol. The normalized spacial score (nSPS) is 15.6. The van der Waals surface area contributed by atoms with Crippen molar-refractivity contribution in [2.45, 2.75) is 49.5 Å². The Balaban J connectivity index is 1.75. The van der Waals surface area contributed by atoms with Crippen molar-refractivity contribution in [1.82, 2.24) is 10.0 Å². The number of methoxy groups -OCH3 is 1. The van der Waals surface area contributed by atoms with Gasteiger partial charge in [-0.25, -0.2) is 13.1 Å². The highest BCUT2D eigenvalue weighted by Crippen LogP contribution is 2.18. The maximum Gasteiger partial charge on any atom is 0.240 e. The van der Waals surface area contributed by atoms with Crippen LogP contribution in [0, 0.1) is 0 Å². The van der Waals surface area contributed by atoms with Gasteiger partial charge in [-0.2, -0.15) is 0 Å². The van der Waals surface area contributed by atoms with Crippen molar-refractivity contribution in [3.8, 4) is 5.75 Å². The van der Waals surface area contributed by atoms with Gasteiger partial charge >= 0.3 is 0 Å². The van der Waals surface area contributed by atoms with E-state index < -0.39 is 10.0 Å². The van der Waals surface area contributed by atoms with Gasteiger partial charge in [-0.3, -0.25) is 4.79 Å². The summed E-state index contributed by atoms with van der Waals surface area (Å²) >= 11 is 0. The summed E-state index contributed by atoms with van der Waals surface area (Å²) in [6, 6.07) is 6.39. The predicted molar refractivity (Wildman–Crippen MR) is 98.6 cm³/mol. The fraction of sp³-hybridized carbons (Fsp3) is 0.611. The summed E-state index contributed by atoms with van der Waals surface area (Å²) < 4.78 is 37.3. The van der Waals surface area contributed by atoms with E-state index in [1.807, 2.05) is 0 Å². The minimum absolute atomic E-state index is 0.0764. The zero-order valence-electron chi connectivity index (χ0n) is 15.2. The molecule has 0 atom stereocenters. The lowest BCUT2D eigenvalue weighted by atomic mass is 9.95. The Bertz CT molecular complexity index is 655. The molecule has 1 amide bonds. The first-order valence-corrected chi connectivity index (χ1v) is 10.5. The van der Waals surface area contributed by atoms with E-state index in [9.17, 15) is 13.2 Å². The number of hydrogen-bond donors (Lipinski definition) is 2. The molecule has 0 aromatic heterocycles. The summed E-state index contributed by atoms with van der Waals surface area (Å²) in [5.74, 6) is 0.467. The van der Waals surface area contributed by atoms with Crippen molar-refractivity contribution in [2.24, 2.45) is 0 Å². The fourth-order valence-electron chi connectivity index (χ4n) is 2.89. The molecule has 0 bridgehead atoms. The van der Waals surface area contributed by atoms with Gasteiger partial charge in [0.15, 0.2) is 0 Å². The number of sulfonamides is 1. The van der Waals surface area contributed by atoms with Crippen LogP contribution >= 0.6 is 0 Å². The molecule has 0 unspecified atom stereocenters. The third kappa shape index (κ3) is 6.93. The van der Waals surface area contributed by atoms with Crippen LogP contribution in [0.25, 0.3) is 0 Å². The average Bonchev–Trinajstić information content (AvgIpc) is 2.63. The van der Waals surface area contributed by atoms with Crippen LogP contribution in [0.5, 0.6) is 5.75 Å². The number of hydrogen-bond acceptors (Lipinski definition) is 5. The molecule has 26 heavy (non-hydrogen) atoms. The third-order valence-corrected chi connectivity index (χ3v) is 5.78. The zero-order valence-corrected chi connectivity index (χ0v) is 16.0. The second-order valence-electron chi connectivity index (χ2n) is 6.36. The molecular formula is C18H28N2O5S. The van der Waals surface area contributed by atoms with Gasteiger partial charge in [0.05, 0.1) is 11.5 Å². The monoisotopic (exact) mass is 384 g/mol. The Hall–Kier alpha value is -1.64. The lowest BCUT2D eigenvalue weighted by molar-refractivity contribution is -0.121. The van der Waals surface area contributed by atoms with Crippen molar-refractivity contribution in [3.05, 3.63) is 24.3 Å². The fourth-order valence-corrected chi connectivity index (χ4v) is 3.92. The highest BCUT2D eigenvalue weighted by molar-refractivity contribution is 7.89. The molecule has 2 N–H and O–H groups in total. The van der Waals surface area contributed by atoms with E-state index in [0.29, 0.717) is 19.0 Å². The molecule has 0 spiro atoms. The van der Waals surface area contributed by atoms with E-state index in [2.05, 4.69) is 10.0 Å². The summed E-state index contributed by atoms with van der Waals surface area (Å²) in [6.07, 6.45) is 5.66. The molecule has 7 nitrogen and oxygen atoms in total. The molecule has 146 valence electrons. The van der Waals surface area contributed by atoms with Crippen molar-refractivity contribution in [3.63, 3.8) is 0 Å². The summed E-state index contributed by atoms with van der Waals surface area (Å²) in [4.78, 5) is 12.1. The summed E-state index contributed by atoms with van der Waals surface area (Å²) in [5, 5.41) is 2.98. The molecule has 1 aromatic rings. The van der Waals surface area contributed by atoms with Gasteiger partial charge in [0.1, 0.15) is 12.4 Å². The first-order chi connectivity index (χ1) is 12.5. The standard InChI is InChI=1S/C18H28N2O5S/c1-24-13-14-25-16-7-9-17(10-8-16)26(22,23)19-12-11-18(21)20-15-5-3-2-4-6-15/h7-10,15,19H,2-6,11-14H2,1H3,(H,20,21). The Kier molecular flexibility index (Phi) is 8.34. The first-order valence-electron chi connectivity index (χ1n) is 9.02. The summed E-state index contributed by atoms with van der Waals surface area (Å²) in [7, 11) is -2.06. The largest absolute Gasteiger partial charge is 0.491 e. The lowest BCUT2D eigenvalue weighted by Gasteiger charge is -2.22. The molecular weight excluding hydrogens is 356 g/mol. The minimum Gasteiger partial charge on any atom is -0.491 e. The van der Waals surface area contributed by atoms with Gasteiger partial charge < -0.3 is 14.8 Å². The van der Waals surface area contributed by atoms with E-state index in [1.165, 1.54) is 18.6 Å². The van der Waals surface area contributed by atoms with Crippen LogP contribution in [0.3, 0.4) is 0 Å². The number of carbonyl (C=O) groups excluding carboxylic acids is 1. The van der Waals surface area contributed by atoms with Gasteiger partial charge in [0.2, 0.25) is 15.9 Å². The number of benzene rings is 1. The second-order valence-corrected chi connectivity index (χ2v) is 8.13. The van der Waals surface area contributed by atoms with Crippen LogP contribution in [-0.4, -0.2) is 47.2 Å². The van der Waals surface area contributed by atoms with Crippen LogP contribution in [0.4, 0.5) is 0 Å². The minimum atomic E-state index is -3.64. The quantitative estimate of drug-likeness (QED) is 0.600. The Morgan fingerprint density at radius 2 is 1.81 bits per heavy atom. The number of rotatable bonds is 10. The van der Waals surface area contributed by atoms with Crippen LogP contribution in [0.1, 0.15) is 38.5 Å². The first kappa shape index (κ1) is 20.7. The number of ether oxygens (including phenoxy) is 2. The zero-order chi connectivity index (χ0) is 18.8. The maximum absolute atomic E-state index is 12.3.